The Morgan fingerprint density at radius 2 is 1.84 bits per heavy atom. The summed E-state index contributed by atoms with van der Waals surface area (Å²) in [6.45, 7) is 2.02. The van der Waals surface area contributed by atoms with Crippen LogP contribution in [0.3, 0.4) is 0 Å². The van der Waals surface area contributed by atoms with E-state index in [-0.39, 0.29) is 12.5 Å². The molecular weight excluding hydrogens is 430 g/mol. The number of ether oxygens (including phenoxy) is 2. The Hall–Kier alpha value is -3.91. The lowest BCUT2D eigenvalue weighted by molar-refractivity contribution is 0.102. The molecule has 32 heavy (non-hydrogen) atoms. The van der Waals surface area contributed by atoms with Crippen molar-refractivity contribution in [3.8, 4) is 17.2 Å². The lowest BCUT2D eigenvalue weighted by atomic mass is 10.1. The van der Waals surface area contributed by atoms with Gasteiger partial charge in [-0.2, -0.15) is 4.68 Å². The number of nitrogens with zero attached hydrogens (tertiary/aromatic N) is 4. The Morgan fingerprint density at radius 1 is 1.06 bits per heavy atom. The zero-order valence-electron chi connectivity index (χ0n) is 17.4. The normalized spacial score (nSPS) is 10.6. The number of aromatic nitrogens is 4. The van der Waals surface area contributed by atoms with Crippen LogP contribution in [0, 0.1) is 6.92 Å². The summed E-state index contributed by atoms with van der Waals surface area (Å²) in [7, 11) is 1.56. The molecule has 1 N–H and O–H groups in total. The predicted molar refractivity (Wildman–Crippen MR) is 121 cm³/mol. The molecule has 0 spiro atoms. The van der Waals surface area contributed by atoms with Crippen molar-refractivity contribution in [2.45, 2.75) is 13.5 Å². The fourth-order valence-corrected chi connectivity index (χ4v) is 3.33. The van der Waals surface area contributed by atoms with Crippen LogP contribution in [-0.2, 0) is 6.61 Å². The van der Waals surface area contributed by atoms with E-state index in [1.807, 2.05) is 24.3 Å². The van der Waals surface area contributed by atoms with E-state index in [2.05, 4.69) is 20.8 Å². The molecule has 9 heteroatoms. The van der Waals surface area contributed by atoms with Gasteiger partial charge in [0.1, 0.15) is 23.8 Å². The summed E-state index contributed by atoms with van der Waals surface area (Å²) in [6, 6.07) is 19.7. The third-order valence-corrected chi connectivity index (χ3v) is 5.13. The molecule has 0 atom stereocenters. The van der Waals surface area contributed by atoms with Gasteiger partial charge in [0.05, 0.1) is 12.7 Å². The molecular formula is C23H20ClN5O3. The van der Waals surface area contributed by atoms with Gasteiger partial charge in [0, 0.05) is 16.3 Å². The van der Waals surface area contributed by atoms with E-state index >= 15 is 0 Å². The molecule has 1 aromatic heterocycles. The molecule has 8 nitrogen and oxygen atoms in total. The third-order valence-electron chi connectivity index (χ3n) is 4.76. The first-order chi connectivity index (χ1) is 15.6. The SMILES string of the molecule is COc1ccc(NC(=O)c2ccccc2OCc2ccccc2Cl)cc1-n1nnnc1C. The number of nitrogens with one attached hydrogen (secondary N) is 1. The average molecular weight is 450 g/mol. The maximum atomic E-state index is 13.0. The van der Waals surface area contributed by atoms with Crippen LogP contribution < -0.4 is 14.8 Å². The molecule has 4 aromatic rings. The van der Waals surface area contributed by atoms with Crippen LogP contribution in [0.1, 0.15) is 21.7 Å². The van der Waals surface area contributed by atoms with E-state index in [9.17, 15) is 4.79 Å². The number of aryl methyl sites for hydroxylation is 1. The van der Waals surface area contributed by atoms with Gasteiger partial charge < -0.3 is 14.8 Å². The van der Waals surface area contributed by atoms with Crippen LogP contribution >= 0.6 is 11.6 Å². The number of tetrazole rings is 1. The van der Waals surface area contributed by atoms with Gasteiger partial charge >= 0.3 is 0 Å². The summed E-state index contributed by atoms with van der Waals surface area (Å²) < 4.78 is 12.9. The lowest BCUT2D eigenvalue weighted by Gasteiger charge is -2.14. The number of rotatable bonds is 7. The van der Waals surface area contributed by atoms with Gasteiger partial charge in [-0.05, 0) is 53.7 Å². The van der Waals surface area contributed by atoms with Crippen molar-refractivity contribution in [3.63, 3.8) is 0 Å². The summed E-state index contributed by atoms with van der Waals surface area (Å²) in [5.74, 6) is 1.30. The first-order valence-corrected chi connectivity index (χ1v) is 10.1. The topological polar surface area (TPSA) is 91.2 Å². The number of benzene rings is 3. The molecule has 0 unspecified atom stereocenters. The Labute approximate surface area is 189 Å². The maximum absolute atomic E-state index is 13.0. The highest BCUT2D eigenvalue weighted by molar-refractivity contribution is 6.31. The zero-order chi connectivity index (χ0) is 22.5. The minimum absolute atomic E-state index is 0.245. The standard InChI is InChI=1S/C23H20ClN5O3/c1-15-26-27-28-29(15)20-13-17(11-12-22(20)31-2)25-23(30)18-8-4-6-10-21(18)32-14-16-7-3-5-9-19(16)24/h3-13H,14H2,1-2H3,(H,25,30). The first-order valence-electron chi connectivity index (χ1n) is 9.77. The molecule has 0 saturated carbocycles. The lowest BCUT2D eigenvalue weighted by Crippen LogP contribution is -2.14. The number of carbonyl (C=O) groups excluding carboxylic acids is 1. The quantitative estimate of drug-likeness (QED) is 0.447. The van der Waals surface area contributed by atoms with Crippen molar-refractivity contribution in [2.24, 2.45) is 0 Å². The van der Waals surface area contributed by atoms with Crippen molar-refractivity contribution in [3.05, 3.63) is 88.7 Å². The Balaban J connectivity index is 1.56. The fraction of sp³-hybridized carbons (Fsp3) is 0.130. The summed E-state index contributed by atoms with van der Waals surface area (Å²) in [5.41, 5.74) is 2.40. The number of methoxy groups -OCH3 is 1. The number of para-hydroxylation sites is 1. The van der Waals surface area contributed by atoms with Crippen LogP contribution in [0.5, 0.6) is 11.5 Å². The van der Waals surface area contributed by atoms with Crippen LogP contribution in [0.15, 0.2) is 66.7 Å². The predicted octanol–water partition coefficient (Wildman–Crippen LogP) is 4.46. The molecule has 4 rings (SSSR count). The summed E-state index contributed by atoms with van der Waals surface area (Å²) >= 11 is 6.21. The second-order valence-corrected chi connectivity index (χ2v) is 7.26. The number of halogens is 1. The Kier molecular flexibility index (Phi) is 6.32. The molecule has 1 heterocycles. The smallest absolute Gasteiger partial charge is 0.259 e. The first kappa shape index (κ1) is 21.3. The highest BCUT2D eigenvalue weighted by atomic mass is 35.5. The molecule has 162 valence electrons. The zero-order valence-corrected chi connectivity index (χ0v) is 18.2. The number of carbonyl (C=O) groups is 1. The monoisotopic (exact) mass is 449 g/mol. The third kappa shape index (κ3) is 4.55. The van der Waals surface area contributed by atoms with E-state index in [1.54, 1.807) is 56.5 Å². The van der Waals surface area contributed by atoms with Gasteiger partial charge in [-0.1, -0.05) is 41.9 Å². The van der Waals surface area contributed by atoms with Gasteiger partial charge in [0.25, 0.3) is 5.91 Å². The molecule has 0 aliphatic carbocycles. The number of anilines is 1. The highest BCUT2D eigenvalue weighted by Crippen LogP contribution is 2.28. The van der Waals surface area contributed by atoms with Gasteiger partial charge in [-0.3, -0.25) is 4.79 Å². The molecule has 0 aliphatic rings. The van der Waals surface area contributed by atoms with Gasteiger partial charge in [0.15, 0.2) is 5.82 Å². The van der Waals surface area contributed by atoms with Crippen LogP contribution in [-0.4, -0.2) is 33.2 Å². The van der Waals surface area contributed by atoms with Gasteiger partial charge in [-0.25, -0.2) is 0 Å². The van der Waals surface area contributed by atoms with Gasteiger partial charge in [0.2, 0.25) is 0 Å². The number of amides is 1. The maximum Gasteiger partial charge on any atom is 0.259 e. The molecule has 1 amide bonds. The summed E-state index contributed by atoms with van der Waals surface area (Å²) in [4.78, 5) is 13.0. The minimum Gasteiger partial charge on any atom is -0.494 e. The molecule has 0 aliphatic heterocycles. The molecule has 0 fully saturated rings. The van der Waals surface area contributed by atoms with E-state index in [0.717, 1.165) is 5.56 Å². The number of hydrogen-bond acceptors (Lipinski definition) is 6. The van der Waals surface area contributed by atoms with Crippen LogP contribution in [0.4, 0.5) is 5.69 Å². The fourth-order valence-electron chi connectivity index (χ4n) is 3.14. The molecule has 3 aromatic carbocycles. The second-order valence-electron chi connectivity index (χ2n) is 6.85. The number of hydrogen-bond donors (Lipinski definition) is 1. The van der Waals surface area contributed by atoms with Crippen LogP contribution in [0.2, 0.25) is 5.02 Å². The van der Waals surface area contributed by atoms with E-state index in [0.29, 0.717) is 39.3 Å². The largest absolute Gasteiger partial charge is 0.494 e. The van der Waals surface area contributed by atoms with Crippen molar-refractivity contribution >= 4 is 23.2 Å². The van der Waals surface area contributed by atoms with Crippen molar-refractivity contribution in [1.29, 1.82) is 0 Å². The average Bonchev–Trinajstić information content (AvgIpc) is 3.24. The Morgan fingerprint density at radius 3 is 2.59 bits per heavy atom. The molecule has 0 bridgehead atoms. The highest BCUT2D eigenvalue weighted by Gasteiger charge is 2.16. The summed E-state index contributed by atoms with van der Waals surface area (Å²) in [5, 5.41) is 15.1. The molecule has 0 saturated heterocycles. The van der Waals surface area contributed by atoms with Gasteiger partial charge in [-0.15, -0.1) is 5.10 Å². The second kappa shape index (κ2) is 9.49. The van der Waals surface area contributed by atoms with Crippen molar-refractivity contribution in [2.75, 3.05) is 12.4 Å². The van der Waals surface area contributed by atoms with E-state index in [4.69, 9.17) is 21.1 Å². The van der Waals surface area contributed by atoms with E-state index < -0.39 is 0 Å². The van der Waals surface area contributed by atoms with Crippen LogP contribution in [0.25, 0.3) is 5.69 Å². The van der Waals surface area contributed by atoms with Crippen molar-refractivity contribution in [1.82, 2.24) is 20.2 Å². The van der Waals surface area contributed by atoms with Crippen molar-refractivity contribution < 1.29 is 14.3 Å². The minimum atomic E-state index is -0.315. The summed E-state index contributed by atoms with van der Waals surface area (Å²) in [6.07, 6.45) is 0. The Bertz CT molecular complexity index is 1260. The molecule has 0 radical (unpaired) electrons. The van der Waals surface area contributed by atoms with E-state index in [1.165, 1.54) is 4.68 Å².